The largest absolute Gasteiger partial charge is 0.467 e. The highest BCUT2D eigenvalue weighted by atomic mass is 16.5. The summed E-state index contributed by atoms with van der Waals surface area (Å²) < 4.78 is 16.8. The highest BCUT2D eigenvalue weighted by Crippen LogP contribution is 2.27. The Balaban J connectivity index is 1.69. The zero-order valence-corrected chi connectivity index (χ0v) is 17.8. The molecule has 0 fully saturated rings. The standard InChI is InChI=1S/C23H21N3O6/c1-14-15(2)26(12-18-5-4-10-31-18)21(19(14)11-24)25-20(27)13-32-23(29)17-8-6-16(7-9-17)22(28)30-3/h4-10H,12-13H2,1-3H3,(H,25,27). The molecule has 3 aromatic rings. The van der Waals surface area contributed by atoms with Crippen molar-refractivity contribution in [2.24, 2.45) is 0 Å². The lowest BCUT2D eigenvalue weighted by Gasteiger charge is -2.12. The summed E-state index contributed by atoms with van der Waals surface area (Å²) in [7, 11) is 1.26. The molecule has 0 bridgehead atoms. The van der Waals surface area contributed by atoms with Crippen LogP contribution in [0.2, 0.25) is 0 Å². The fourth-order valence-corrected chi connectivity index (χ4v) is 3.13. The highest BCUT2D eigenvalue weighted by molar-refractivity contribution is 5.97. The smallest absolute Gasteiger partial charge is 0.338 e. The number of hydrogen-bond donors (Lipinski definition) is 1. The summed E-state index contributed by atoms with van der Waals surface area (Å²) >= 11 is 0. The van der Waals surface area contributed by atoms with Crippen molar-refractivity contribution in [2.75, 3.05) is 19.0 Å². The summed E-state index contributed by atoms with van der Waals surface area (Å²) in [5.41, 5.74) is 2.32. The Hall–Kier alpha value is -4.32. The molecule has 0 aliphatic rings. The number of furan rings is 1. The molecule has 0 atom stereocenters. The molecule has 0 saturated heterocycles. The summed E-state index contributed by atoms with van der Waals surface area (Å²) in [4.78, 5) is 36.2. The Labute approximate surface area is 184 Å². The van der Waals surface area contributed by atoms with Crippen molar-refractivity contribution in [2.45, 2.75) is 20.4 Å². The molecule has 2 aromatic heterocycles. The van der Waals surface area contributed by atoms with Crippen LogP contribution in [0, 0.1) is 25.2 Å². The number of anilines is 1. The van der Waals surface area contributed by atoms with Gasteiger partial charge < -0.3 is 23.8 Å². The minimum atomic E-state index is -0.726. The van der Waals surface area contributed by atoms with E-state index in [0.29, 0.717) is 23.7 Å². The third kappa shape index (κ3) is 4.70. The van der Waals surface area contributed by atoms with E-state index < -0.39 is 24.5 Å². The Morgan fingerprint density at radius 3 is 2.31 bits per heavy atom. The Kier molecular flexibility index (Phi) is 6.75. The molecule has 164 valence electrons. The zero-order valence-electron chi connectivity index (χ0n) is 17.8. The van der Waals surface area contributed by atoms with Crippen molar-refractivity contribution in [1.29, 1.82) is 5.26 Å². The summed E-state index contributed by atoms with van der Waals surface area (Å²) in [6.07, 6.45) is 1.54. The first-order valence-corrected chi connectivity index (χ1v) is 9.63. The molecule has 1 N–H and O–H groups in total. The predicted molar refractivity (Wildman–Crippen MR) is 113 cm³/mol. The summed E-state index contributed by atoms with van der Waals surface area (Å²) in [5.74, 6) is -0.886. The fraction of sp³-hybridized carbons (Fsp3) is 0.217. The maximum Gasteiger partial charge on any atom is 0.338 e. The van der Waals surface area contributed by atoms with Crippen LogP contribution in [0.4, 0.5) is 5.82 Å². The normalized spacial score (nSPS) is 10.3. The average molecular weight is 435 g/mol. The van der Waals surface area contributed by atoms with Crippen molar-refractivity contribution < 1.29 is 28.3 Å². The number of carbonyl (C=O) groups is 3. The van der Waals surface area contributed by atoms with Crippen LogP contribution in [-0.2, 0) is 20.8 Å². The van der Waals surface area contributed by atoms with E-state index in [0.717, 1.165) is 11.3 Å². The van der Waals surface area contributed by atoms with Crippen LogP contribution in [0.15, 0.2) is 47.1 Å². The number of benzene rings is 1. The number of rotatable bonds is 7. The van der Waals surface area contributed by atoms with Gasteiger partial charge >= 0.3 is 11.9 Å². The lowest BCUT2D eigenvalue weighted by atomic mass is 10.1. The number of methoxy groups -OCH3 is 1. The second-order valence-electron chi connectivity index (χ2n) is 6.90. The molecule has 9 nitrogen and oxygen atoms in total. The van der Waals surface area contributed by atoms with E-state index in [4.69, 9.17) is 9.15 Å². The molecule has 0 aliphatic carbocycles. The third-order valence-electron chi connectivity index (χ3n) is 4.97. The number of nitriles is 1. The third-order valence-corrected chi connectivity index (χ3v) is 4.97. The first kappa shape index (κ1) is 22.4. The van der Waals surface area contributed by atoms with Gasteiger partial charge in [0.05, 0.1) is 36.6 Å². The van der Waals surface area contributed by atoms with Crippen molar-refractivity contribution in [3.05, 3.63) is 76.4 Å². The second-order valence-corrected chi connectivity index (χ2v) is 6.90. The lowest BCUT2D eigenvalue weighted by Crippen LogP contribution is -2.23. The number of hydrogen-bond acceptors (Lipinski definition) is 7. The highest BCUT2D eigenvalue weighted by Gasteiger charge is 2.21. The van der Waals surface area contributed by atoms with Crippen LogP contribution in [-0.4, -0.2) is 36.1 Å². The van der Waals surface area contributed by atoms with Crippen molar-refractivity contribution in [1.82, 2.24) is 4.57 Å². The monoisotopic (exact) mass is 435 g/mol. The van der Waals surface area contributed by atoms with Gasteiger partial charge in [-0.05, 0) is 55.8 Å². The number of nitrogens with zero attached hydrogens (tertiary/aromatic N) is 2. The molecule has 9 heteroatoms. The Morgan fingerprint density at radius 1 is 1.09 bits per heavy atom. The van der Waals surface area contributed by atoms with Gasteiger partial charge in [-0.25, -0.2) is 9.59 Å². The van der Waals surface area contributed by atoms with Crippen LogP contribution in [0.3, 0.4) is 0 Å². The average Bonchev–Trinajstić information content (AvgIpc) is 3.40. The molecule has 0 radical (unpaired) electrons. The summed E-state index contributed by atoms with van der Waals surface area (Å²) in [6, 6.07) is 11.3. The maximum atomic E-state index is 12.5. The molecule has 0 spiro atoms. The van der Waals surface area contributed by atoms with Gasteiger partial charge in [-0.1, -0.05) is 0 Å². The number of esters is 2. The molecule has 0 unspecified atom stereocenters. The van der Waals surface area contributed by atoms with Gasteiger partial charge in [0.25, 0.3) is 5.91 Å². The van der Waals surface area contributed by atoms with Crippen molar-refractivity contribution >= 4 is 23.7 Å². The first-order chi connectivity index (χ1) is 15.3. The maximum absolute atomic E-state index is 12.5. The minimum Gasteiger partial charge on any atom is -0.467 e. The first-order valence-electron chi connectivity index (χ1n) is 9.63. The van der Waals surface area contributed by atoms with E-state index >= 15 is 0 Å². The van der Waals surface area contributed by atoms with E-state index in [1.54, 1.807) is 29.9 Å². The van der Waals surface area contributed by atoms with Crippen LogP contribution >= 0.6 is 0 Å². The Morgan fingerprint density at radius 2 is 1.75 bits per heavy atom. The summed E-state index contributed by atoms with van der Waals surface area (Å²) in [5, 5.41) is 12.2. The van der Waals surface area contributed by atoms with Gasteiger partial charge in [-0.2, -0.15) is 5.26 Å². The zero-order chi connectivity index (χ0) is 23.3. The van der Waals surface area contributed by atoms with Gasteiger partial charge in [-0.15, -0.1) is 0 Å². The molecule has 32 heavy (non-hydrogen) atoms. The van der Waals surface area contributed by atoms with Gasteiger partial charge in [0.1, 0.15) is 17.6 Å². The fourth-order valence-electron chi connectivity index (χ4n) is 3.13. The van der Waals surface area contributed by atoms with Crippen molar-refractivity contribution in [3.63, 3.8) is 0 Å². The molecule has 0 aliphatic heterocycles. The lowest BCUT2D eigenvalue weighted by molar-refractivity contribution is -0.119. The van der Waals surface area contributed by atoms with E-state index in [2.05, 4.69) is 16.1 Å². The van der Waals surface area contributed by atoms with E-state index in [-0.39, 0.29) is 11.1 Å². The number of aromatic nitrogens is 1. The Bertz CT molecular complexity index is 1180. The quantitative estimate of drug-likeness (QED) is 0.565. The molecular formula is C23H21N3O6. The molecule has 2 heterocycles. The SMILES string of the molecule is COC(=O)c1ccc(C(=O)OCC(=O)Nc2c(C#N)c(C)c(C)n2Cc2ccco2)cc1. The molecule has 1 amide bonds. The van der Waals surface area contributed by atoms with Crippen molar-refractivity contribution in [3.8, 4) is 6.07 Å². The van der Waals surface area contributed by atoms with Crippen LogP contribution in [0.1, 0.15) is 43.3 Å². The van der Waals surface area contributed by atoms with Gasteiger partial charge in [0, 0.05) is 5.69 Å². The van der Waals surface area contributed by atoms with Crippen LogP contribution < -0.4 is 5.32 Å². The van der Waals surface area contributed by atoms with E-state index in [1.165, 1.54) is 31.4 Å². The number of amides is 1. The van der Waals surface area contributed by atoms with Gasteiger partial charge in [0.15, 0.2) is 6.61 Å². The molecule has 3 rings (SSSR count). The predicted octanol–water partition coefficient (Wildman–Crippen LogP) is 3.20. The number of ether oxygens (including phenoxy) is 2. The van der Waals surface area contributed by atoms with E-state index in [1.807, 2.05) is 6.92 Å². The molecule has 0 saturated carbocycles. The molecular weight excluding hydrogens is 414 g/mol. The van der Waals surface area contributed by atoms with Gasteiger partial charge in [0.2, 0.25) is 0 Å². The summed E-state index contributed by atoms with van der Waals surface area (Å²) in [6.45, 7) is 3.41. The van der Waals surface area contributed by atoms with Crippen LogP contribution in [0.25, 0.3) is 0 Å². The van der Waals surface area contributed by atoms with E-state index in [9.17, 15) is 19.6 Å². The van der Waals surface area contributed by atoms with Crippen LogP contribution in [0.5, 0.6) is 0 Å². The van der Waals surface area contributed by atoms with Gasteiger partial charge in [-0.3, -0.25) is 4.79 Å². The second kappa shape index (κ2) is 9.66. The number of carbonyl (C=O) groups excluding carboxylic acids is 3. The number of nitrogens with one attached hydrogen (secondary N) is 1. The molecule has 1 aromatic carbocycles. The minimum absolute atomic E-state index is 0.177. The topological polar surface area (TPSA) is 124 Å².